The Morgan fingerprint density at radius 2 is 1.09 bits per heavy atom. The van der Waals surface area contributed by atoms with E-state index in [4.69, 9.17) is 0 Å². The molecule has 176 valence electrons. The van der Waals surface area contributed by atoms with Crippen LogP contribution in [-0.4, -0.2) is 9.79 Å². The third-order valence-corrected chi connectivity index (χ3v) is 7.61. The minimum atomic E-state index is -2.21. The molecule has 0 bridgehead atoms. The molecule has 2 nitrogen and oxygen atoms in total. The fourth-order valence-corrected chi connectivity index (χ4v) is 5.48. The summed E-state index contributed by atoms with van der Waals surface area (Å²) >= 11 is 0. The Hall–Kier alpha value is -1.99. The summed E-state index contributed by atoms with van der Waals surface area (Å²) in [6, 6.07) is 19.0. The van der Waals surface area contributed by atoms with E-state index in [9.17, 15) is 9.79 Å². The van der Waals surface area contributed by atoms with Crippen molar-refractivity contribution in [1.29, 1.82) is 0 Å². The lowest BCUT2D eigenvalue weighted by molar-refractivity contribution is 0.497. The molecular formula is C30H39O2P. The summed E-state index contributed by atoms with van der Waals surface area (Å²) in [4.78, 5) is 20.7. The Balaban J connectivity index is 2.16. The fourth-order valence-electron chi connectivity index (χ4n) is 4.82. The third kappa shape index (κ3) is 6.12. The van der Waals surface area contributed by atoms with Gasteiger partial charge in [0.1, 0.15) is 0 Å². The topological polar surface area (TPSA) is 40.5 Å². The molecule has 0 aliphatic carbocycles. The van der Waals surface area contributed by atoms with Crippen LogP contribution in [0.3, 0.4) is 0 Å². The van der Waals surface area contributed by atoms with E-state index in [-0.39, 0.29) is 0 Å². The van der Waals surface area contributed by atoms with E-state index in [2.05, 4.69) is 70.2 Å². The van der Waals surface area contributed by atoms with Gasteiger partial charge in [-0.2, -0.15) is 0 Å². The van der Waals surface area contributed by atoms with Gasteiger partial charge in [-0.25, -0.2) is 0 Å². The molecule has 0 amide bonds. The fraction of sp³-hybridized carbons (Fsp3) is 0.400. The van der Waals surface area contributed by atoms with Gasteiger partial charge >= 0.3 is 0 Å². The Morgan fingerprint density at radius 3 is 1.64 bits per heavy atom. The lowest BCUT2D eigenvalue weighted by Gasteiger charge is -2.21. The predicted octanol–water partition coefficient (Wildman–Crippen LogP) is 8.02. The molecule has 3 aromatic rings. The first-order valence-corrected chi connectivity index (χ1v) is 13.7. The molecule has 0 heterocycles. The maximum absolute atomic E-state index is 10.4. The van der Waals surface area contributed by atoms with Crippen molar-refractivity contribution in [2.45, 2.75) is 79.1 Å². The van der Waals surface area contributed by atoms with Gasteiger partial charge < -0.3 is 9.79 Å². The molecule has 0 aliphatic rings. The van der Waals surface area contributed by atoms with Gasteiger partial charge in [0, 0.05) is 10.9 Å². The molecule has 0 spiro atoms. The van der Waals surface area contributed by atoms with Crippen molar-refractivity contribution >= 4 is 13.7 Å². The van der Waals surface area contributed by atoms with Gasteiger partial charge in [0.25, 0.3) is 0 Å². The Bertz CT molecular complexity index is 1060. The first kappa shape index (κ1) is 25.6. The van der Waals surface area contributed by atoms with Gasteiger partial charge in [0.05, 0.1) is 0 Å². The molecule has 3 heteroatoms. The van der Waals surface area contributed by atoms with Crippen molar-refractivity contribution in [2.75, 3.05) is 0 Å². The standard InChI is InChI=1S/C30H39O2P/c1-5-7-9-14-24-16-11-18-26(22(24)3)28-20-13-21-29(33(31)32)30(28)27-19-12-17-25(23(27)4)15-10-8-6-2/h11-13,16-21,31-32H,5-10,14-15H2,1-4H3. The summed E-state index contributed by atoms with van der Waals surface area (Å²) < 4.78 is 0. The summed E-state index contributed by atoms with van der Waals surface area (Å²) in [5.74, 6) is 0. The zero-order chi connectivity index (χ0) is 23.8. The highest BCUT2D eigenvalue weighted by Crippen LogP contribution is 2.40. The number of hydrogen-bond acceptors (Lipinski definition) is 2. The van der Waals surface area contributed by atoms with E-state index in [0.717, 1.165) is 29.5 Å². The highest BCUT2D eigenvalue weighted by molar-refractivity contribution is 7.54. The lowest BCUT2D eigenvalue weighted by Crippen LogP contribution is -2.08. The molecule has 3 aromatic carbocycles. The molecule has 0 aliphatic heterocycles. The average Bonchev–Trinajstić information content (AvgIpc) is 2.81. The second-order valence-electron chi connectivity index (χ2n) is 9.08. The zero-order valence-corrected chi connectivity index (χ0v) is 21.6. The van der Waals surface area contributed by atoms with Crippen LogP contribution in [0.2, 0.25) is 0 Å². The van der Waals surface area contributed by atoms with Crippen LogP contribution < -0.4 is 5.30 Å². The van der Waals surface area contributed by atoms with Gasteiger partial charge in [0.2, 0.25) is 0 Å². The van der Waals surface area contributed by atoms with Crippen LogP contribution in [0.1, 0.15) is 74.6 Å². The lowest BCUT2D eigenvalue weighted by atomic mass is 9.86. The van der Waals surface area contributed by atoms with Crippen LogP contribution in [0.15, 0.2) is 54.6 Å². The molecule has 0 saturated carbocycles. The molecule has 3 rings (SSSR count). The van der Waals surface area contributed by atoms with Crippen molar-refractivity contribution in [3.8, 4) is 22.3 Å². The van der Waals surface area contributed by atoms with Crippen molar-refractivity contribution < 1.29 is 9.79 Å². The third-order valence-electron chi connectivity index (χ3n) is 6.81. The Labute approximate surface area is 201 Å². The van der Waals surface area contributed by atoms with Crippen LogP contribution in [-0.2, 0) is 12.8 Å². The Morgan fingerprint density at radius 1 is 0.606 bits per heavy atom. The normalized spacial score (nSPS) is 11.4. The SMILES string of the molecule is CCCCCc1cccc(-c2cccc(P(O)O)c2-c2cccc(CCCCC)c2C)c1C. The average molecular weight is 463 g/mol. The van der Waals surface area contributed by atoms with Crippen LogP contribution in [0.25, 0.3) is 22.3 Å². The molecule has 0 saturated heterocycles. The van der Waals surface area contributed by atoms with E-state index in [1.807, 2.05) is 12.1 Å². The number of rotatable bonds is 11. The molecular weight excluding hydrogens is 423 g/mol. The highest BCUT2D eigenvalue weighted by atomic mass is 31.2. The second-order valence-corrected chi connectivity index (χ2v) is 10.1. The molecule has 0 radical (unpaired) electrons. The minimum absolute atomic E-state index is 0.632. The van der Waals surface area contributed by atoms with E-state index in [1.165, 1.54) is 66.3 Å². The zero-order valence-electron chi connectivity index (χ0n) is 20.7. The molecule has 33 heavy (non-hydrogen) atoms. The summed E-state index contributed by atoms with van der Waals surface area (Å²) in [5, 5.41) is 0.632. The largest absolute Gasteiger partial charge is 0.347 e. The number of hydrogen-bond donors (Lipinski definition) is 2. The van der Waals surface area contributed by atoms with Crippen LogP contribution in [0, 0.1) is 13.8 Å². The van der Waals surface area contributed by atoms with Crippen LogP contribution in [0.5, 0.6) is 0 Å². The van der Waals surface area contributed by atoms with Crippen LogP contribution in [0.4, 0.5) is 0 Å². The molecule has 0 fully saturated rings. The van der Waals surface area contributed by atoms with E-state index in [0.29, 0.717) is 5.30 Å². The predicted molar refractivity (Wildman–Crippen MR) is 144 cm³/mol. The molecule has 0 unspecified atom stereocenters. The molecule has 2 N–H and O–H groups in total. The van der Waals surface area contributed by atoms with E-state index in [1.54, 1.807) is 0 Å². The van der Waals surface area contributed by atoms with Gasteiger partial charge in [-0.3, -0.25) is 0 Å². The number of unbranched alkanes of at least 4 members (excludes halogenated alkanes) is 4. The van der Waals surface area contributed by atoms with E-state index < -0.39 is 8.38 Å². The quantitative estimate of drug-likeness (QED) is 0.224. The molecule has 0 aromatic heterocycles. The van der Waals surface area contributed by atoms with Crippen LogP contribution >= 0.6 is 8.38 Å². The van der Waals surface area contributed by atoms with Gasteiger partial charge in [-0.15, -0.1) is 0 Å². The smallest absolute Gasteiger partial charge is 0.200 e. The van der Waals surface area contributed by atoms with Crippen molar-refractivity contribution in [2.24, 2.45) is 0 Å². The minimum Gasteiger partial charge on any atom is -0.347 e. The first-order valence-electron chi connectivity index (χ1n) is 12.5. The maximum atomic E-state index is 10.4. The first-order chi connectivity index (χ1) is 16.0. The summed E-state index contributed by atoms with van der Waals surface area (Å²) in [7, 11) is -2.21. The summed E-state index contributed by atoms with van der Waals surface area (Å²) in [6.07, 6.45) is 9.42. The van der Waals surface area contributed by atoms with Gasteiger partial charge in [-0.1, -0.05) is 88.1 Å². The maximum Gasteiger partial charge on any atom is 0.200 e. The van der Waals surface area contributed by atoms with E-state index >= 15 is 0 Å². The van der Waals surface area contributed by atoms with Crippen molar-refractivity contribution in [3.05, 3.63) is 76.9 Å². The molecule has 0 atom stereocenters. The number of aryl methyl sites for hydroxylation is 2. The highest BCUT2D eigenvalue weighted by Gasteiger charge is 2.21. The van der Waals surface area contributed by atoms with Gasteiger partial charge in [0.15, 0.2) is 8.38 Å². The van der Waals surface area contributed by atoms with Gasteiger partial charge in [-0.05, 0) is 84.5 Å². The monoisotopic (exact) mass is 462 g/mol. The van der Waals surface area contributed by atoms with Crippen molar-refractivity contribution in [3.63, 3.8) is 0 Å². The second kappa shape index (κ2) is 12.5. The summed E-state index contributed by atoms with van der Waals surface area (Å²) in [5.41, 5.74) is 9.64. The summed E-state index contributed by atoms with van der Waals surface area (Å²) in [6.45, 7) is 8.86. The van der Waals surface area contributed by atoms with Crippen molar-refractivity contribution in [1.82, 2.24) is 0 Å². The Kier molecular flexibility index (Phi) is 9.68. The number of benzene rings is 3.